The van der Waals surface area contributed by atoms with Crippen LogP contribution in [0.4, 0.5) is 4.79 Å². The first-order valence-corrected chi connectivity index (χ1v) is 4.77. The van der Waals surface area contributed by atoms with Gasteiger partial charge in [-0.3, -0.25) is 4.84 Å². The average Bonchev–Trinajstić information content (AvgIpc) is 2.30. The molecule has 0 aliphatic rings. The van der Waals surface area contributed by atoms with E-state index in [1.165, 1.54) is 6.21 Å². The first kappa shape index (κ1) is 12.0. The molecule has 0 amide bonds. The van der Waals surface area contributed by atoms with Gasteiger partial charge in [0, 0.05) is 0 Å². The lowest BCUT2D eigenvalue weighted by Gasteiger charge is -1.99. The van der Waals surface area contributed by atoms with Gasteiger partial charge in [0.05, 0.1) is 19.9 Å². The third kappa shape index (κ3) is 4.00. The summed E-state index contributed by atoms with van der Waals surface area (Å²) < 4.78 is 9.52. The van der Waals surface area contributed by atoms with Crippen LogP contribution in [-0.4, -0.2) is 26.1 Å². The molecule has 0 N–H and O–H groups in total. The molecule has 0 fully saturated rings. The van der Waals surface area contributed by atoms with Gasteiger partial charge in [0.1, 0.15) is 5.75 Å². The van der Waals surface area contributed by atoms with E-state index in [4.69, 9.17) is 4.74 Å². The maximum atomic E-state index is 10.8. The Labute approximate surface area is 93.6 Å². The Morgan fingerprint density at radius 1 is 1.38 bits per heavy atom. The van der Waals surface area contributed by atoms with Gasteiger partial charge in [-0.15, -0.1) is 0 Å². The number of benzene rings is 1. The molecule has 0 saturated heterocycles. The molecule has 0 radical (unpaired) electrons. The smallest absolute Gasteiger partial charge is 0.497 e. The van der Waals surface area contributed by atoms with Crippen molar-refractivity contribution in [2.24, 2.45) is 5.16 Å². The van der Waals surface area contributed by atoms with Gasteiger partial charge in [-0.25, -0.2) is 4.79 Å². The van der Waals surface area contributed by atoms with Crippen LogP contribution in [0, 0.1) is 0 Å². The monoisotopic (exact) mass is 223 g/mol. The van der Waals surface area contributed by atoms with E-state index in [2.05, 4.69) is 14.7 Å². The normalized spacial score (nSPS) is 10.1. The van der Waals surface area contributed by atoms with Crippen LogP contribution in [0.5, 0.6) is 5.75 Å². The van der Waals surface area contributed by atoms with Crippen LogP contribution < -0.4 is 4.74 Å². The van der Waals surface area contributed by atoms with Crippen LogP contribution >= 0.6 is 0 Å². The molecular formula is C11H13NO4. The number of carbonyl (C=O) groups excluding carboxylic acids is 1. The summed E-state index contributed by atoms with van der Waals surface area (Å²) >= 11 is 0. The molecule has 0 spiro atoms. The van der Waals surface area contributed by atoms with Crippen molar-refractivity contribution in [3.63, 3.8) is 0 Å². The van der Waals surface area contributed by atoms with Gasteiger partial charge in [-0.05, 0) is 36.8 Å². The number of hydrogen-bond acceptors (Lipinski definition) is 5. The zero-order valence-corrected chi connectivity index (χ0v) is 9.17. The summed E-state index contributed by atoms with van der Waals surface area (Å²) in [5.74, 6) is 0.753. The Morgan fingerprint density at radius 2 is 2.06 bits per heavy atom. The van der Waals surface area contributed by atoms with E-state index >= 15 is 0 Å². The topological polar surface area (TPSA) is 57.1 Å². The Bertz CT molecular complexity index is 359. The molecule has 86 valence electrons. The number of rotatable bonds is 4. The van der Waals surface area contributed by atoms with Crippen molar-refractivity contribution in [1.82, 2.24) is 0 Å². The predicted octanol–water partition coefficient (Wildman–Crippen LogP) is 2.20. The minimum Gasteiger partial charge on any atom is -0.497 e. The summed E-state index contributed by atoms with van der Waals surface area (Å²) in [4.78, 5) is 15.2. The highest BCUT2D eigenvalue weighted by Gasteiger charge is 1.99. The first-order valence-electron chi connectivity index (χ1n) is 4.77. The Hall–Kier alpha value is -2.04. The second kappa shape index (κ2) is 6.44. The summed E-state index contributed by atoms with van der Waals surface area (Å²) in [6.07, 6.45) is 0.600. The van der Waals surface area contributed by atoms with Crippen molar-refractivity contribution in [2.75, 3.05) is 13.7 Å². The second-order valence-electron chi connectivity index (χ2n) is 2.78. The highest BCUT2D eigenvalue weighted by Crippen LogP contribution is 2.09. The van der Waals surface area contributed by atoms with Crippen molar-refractivity contribution in [1.29, 1.82) is 0 Å². The van der Waals surface area contributed by atoms with E-state index in [0.29, 0.717) is 0 Å². The van der Waals surface area contributed by atoms with Gasteiger partial charge in [0.15, 0.2) is 0 Å². The van der Waals surface area contributed by atoms with Crippen LogP contribution in [0.1, 0.15) is 12.5 Å². The number of oxime groups is 1. The van der Waals surface area contributed by atoms with Crippen molar-refractivity contribution >= 4 is 12.4 Å². The molecule has 16 heavy (non-hydrogen) atoms. The fourth-order valence-corrected chi connectivity index (χ4v) is 0.964. The lowest BCUT2D eigenvalue weighted by Crippen LogP contribution is -2.02. The van der Waals surface area contributed by atoms with Crippen molar-refractivity contribution in [3.8, 4) is 5.75 Å². The fourth-order valence-electron chi connectivity index (χ4n) is 0.964. The van der Waals surface area contributed by atoms with Crippen LogP contribution in [0.2, 0.25) is 0 Å². The molecule has 0 aliphatic heterocycles. The third-order valence-electron chi connectivity index (χ3n) is 1.71. The molecule has 0 heterocycles. The molecule has 1 aromatic carbocycles. The Kier molecular flexibility index (Phi) is 4.85. The molecule has 1 aromatic rings. The molecule has 0 unspecified atom stereocenters. The van der Waals surface area contributed by atoms with Gasteiger partial charge in [0.2, 0.25) is 0 Å². The van der Waals surface area contributed by atoms with E-state index in [1.54, 1.807) is 38.3 Å². The lowest BCUT2D eigenvalue weighted by molar-refractivity contribution is 0.0618. The standard InChI is InChI=1S/C11H13NO4/c1-3-15-11(13)16-12-8-9-4-6-10(14-2)7-5-9/h4-8H,3H2,1-2H3/b12-8+. The molecule has 5 heteroatoms. The van der Waals surface area contributed by atoms with Gasteiger partial charge >= 0.3 is 6.16 Å². The highest BCUT2D eigenvalue weighted by atomic mass is 16.8. The molecule has 0 aromatic heterocycles. The number of carbonyl (C=O) groups is 1. The van der Waals surface area contributed by atoms with Crippen LogP contribution in [0.3, 0.4) is 0 Å². The van der Waals surface area contributed by atoms with Crippen molar-refractivity contribution in [2.45, 2.75) is 6.92 Å². The number of ether oxygens (including phenoxy) is 2. The van der Waals surface area contributed by atoms with Gasteiger partial charge in [-0.2, -0.15) is 0 Å². The zero-order valence-electron chi connectivity index (χ0n) is 9.17. The zero-order chi connectivity index (χ0) is 11.8. The number of methoxy groups -OCH3 is 1. The van der Waals surface area contributed by atoms with Crippen LogP contribution in [-0.2, 0) is 9.57 Å². The van der Waals surface area contributed by atoms with E-state index in [9.17, 15) is 4.79 Å². The summed E-state index contributed by atoms with van der Waals surface area (Å²) in [6.45, 7) is 1.95. The molecule has 0 saturated carbocycles. The van der Waals surface area contributed by atoms with E-state index in [1.807, 2.05) is 0 Å². The summed E-state index contributed by atoms with van der Waals surface area (Å²) in [5.41, 5.74) is 0.796. The third-order valence-corrected chi connectivity index (χ3v) is 1.71. The largest absolute Gasteiger partial charge is 0.535 e. The predicted molar refractivity (Wildman–Crippen MR) is 58.7 cm³/mol. The van der Waals surface area contributed by atoms with E-state index in [-0.39, 0.29) is 6.61 Å². The van der Waals surface area contributed by atoms with Gasteiger partial charge < -0.3 is 9.47 Å². The van der Waals surface area contributed by atoms with E-state index in [0.717, 1.165) is 11.3 Å². The Morgan fingerprint density at radius 3 is 2.62 bits per heavy atom. The lowest BCUT2D eigenvalue weighted by atomic mass is 10.2. The summed E-state index contributed by atoms with van der Waals surface area (Å²) in [5, 5.41) is 3.48. The van der Waals surface area contributed by atoms with Crippen molar-refractivity contribution < 1.29 is 19.1 Å². The van der Waals surface area contributed by atoms with Gasteiger partial charge in [0.25, 0.3) is 0 Å². The quantitative estimate of drug-likeness (QED) is 0.340. The second-order valence-corrected chi connectivity index (χ2v) is 2.78. The maximum absolute atomic E-state index is 10.8. The Balaban J connectivity index is 2.46. The molecule has 0 atom stereocenters. The molecule has 0 aliphatic carbocycles. The minimum absolute atomic E-state index is 0.261. The van der Waals surface area contributed by atoms with Crippen LogP contribution in [0.25, 0.3) is 0 Å². The van der Waals surface area contributed by atoms with Crippen LogP contribution in [0.15, 0.2) is 29.4 Å². The fraction of sp³-hybridized carbons (Fsp3) is 0.273. The highest BCUT2D eigenvalue weighted by molar-refractivity contribution is 5.79. The number of hydrogen-bond donors (Lipinski definition) is 0. The van der Waals surface area contributed by atoms with E-state index < -0.39 is 6.16 Å². The minimum atomic E-state index is -0.813. The molecule has 5 nitrogen and oxygen atoms in total. The molecule has 1 rings (SSSR count). The summed E-state index contributed by atoms with van der Waals surface area (Å²) in [6, 6.07) is 7.14. The molecule has 0 bridgehead atoms. The van der Waals surface area contributed by atoms with Crippen molar-refractivity contribution in [3.05, 3.63) is 29.8 Å². The first-order chi connectivity index (χ1) is 7.76. The van der Waals surface area contributed by atoms with Gasteiger partial charge in [-0.1, -0.05) is 5.16 Å². The summed E-state index contributed by atoms with van der Waals surface area (Å²) in [7, 11) is 1.59. The number of nitrogens with zero attached hydrogens (tertiary/aromatic N) is 1. The maximum Gasteiger partial charge on any atom is 0.535 e. The molecular weight excluding hydrogens is 210 g/mol. The average molecular weight is 223 g/mol. The SMILES string of the molecule is CCOC(=O)O/N=C/c1ccc(OC)cc1.